The van der Waals surface area contributed by atoms with E-state index in [0.29, 0.717) is 43.5 Å². The first-order valence-electron chi connectivity index (χ1n) is 9.51. The van der Waals surface area contributed by atoms with Gasteiger partial charge in [-0.25, -0.2) is 4.79 Å². The minimum atomic E-state index is -0.477. The van der Waals surface area contributed by atoms with Crippen molar-refractivity contribution in [2.45, 2.75) is 33.7 Å². The molecule has 0 aromatic heterocycles. The maximum absolute atomic E-state index is 12.2. The molecule has 0 amide bonds. The molecule has 0 atom stereocenters. The Morgan fingerprint density at radius 3 is 2.11 bits per heavy atom. The molecule has 2 rings (SSSR count). The smallest absolute Gasteiger partial charge is 0.338 e. The van der Waals surface area contributed by atoms with Gasteiger partial charge in [0.1, 0.15) is 24.7 Å². The van der Waals surface area contributed by atoms with Crippen molar-refractivity contribution in [1.29, 1.82) is 0 Å². The summed E-state index contributed by atoms with van der Waals surface area (Å²) in [6.45, 7) is 7.45. The minimum absolute atomic E-state index is 0.200. The highest BCUT2D eigenvalue weighted by Crippen LogP contribution is 2.25. The molecule has 0 heterocycles. The Morgan fingerprint density at radius 1 is 0.857 bits per heavy atom. The fourth-order valence-corrected chi connectivity index (χ4v) is 2.49. The molecular formula is C22H28O6. The molecule has 0 spiro atoms. The molecule has 0 saturated heterocycles. The van der Waals surface area contributed by atoms with Crippen LogP contribution in [0.15, 0.2) is 48.5 Å². The van der Waals surface area contributed by atoms with Crippen molar-refractivity contribution in [3.05, 3.63) is 59.7 Å². The second-order valence-corrected chi connectivity index (χ2v) is 5.84. The number of ether oxygens (including phenoxy) is 5. The molecule has 0 unspecified atom stereocenters. The molecule has 6 nitrogen and oxygen atoms in total. The maximum atomic E-state index is 12.2. The number of carbonyl (C=O) groups excluding carboxylic acids is 1. The summed E-state index contributed by atoms with van der Waals surface area (Å²) in [7, 11) is 0. The Morgan fingerprint density at radius 2 is 1.50 bits per heavy atom. The Labute approximate surface area is 166 Å². The first kappa shape index (κ1) is 21.7. The lowest BCUT2D eigenvalue weighted by Crippen LogP contribution is -2.25. The first-order valence-corrected chi connectivity index (χ1v) is 9.51. The standard InChI is InChI=1S/C22H28O6/c1-4-24-21(25-5-2)16-28-20-13-18(22(23)26-6-3)12-19(14-20)27-15-17-10-8-7-9-11-17/h7-14,21H,4-6,15-16H2,1-3H3. The van der Waals surface area contributed by atoms with E-state index in [-0.39, 0.29) is 6.61 Å². The number of hydrogen-bond donors (Lipinski definition) is 0. The molecule has 0 aliphatic heterocycles. The van der Waals surface area contributed by atoms with E-state index in [4.69, 9.17) is 23.7 Å². The lowest BCUT2D eigenvalue weighted by molar-refractivity contribution is -0.152. The summed E-state index contributed by atoms with van der Waals surface area (Å²) in [5, 5.41) is 0. The number of carbonyl (C=O) groups is 1. The summed E-state index contributed by atoms with van der Waals surface area (Å²) in [4.78, 5) is 12.2. The Balaban J connectivity index is 2.13. The van der Waals surface area contributed by atoms with Gasteiger partial charge < -0.3 is 23.7 Å². The summed E-state index contributed by atoms with van der Waals surface area (Å²) < 4.78 is 27.7. The zero-order valence-electron chi connectivity index (χ0n) is 16.7. The molecule has 6 heteroatoms. The number of benzene rings is 2. The second-order valence-electron chi connectivity index (χ2n) is 5.84. The van der Waals surface area contributed by atoms with Gasteiger partial charge in [0.05, 0.1) is 12.2 Å². The molecule has 2 aromatic rings. The van der Waals surface area contributed by atoms with Crippen LogP contribution >= 0.6 is 0 Å². The zero-order valence-corrected chi connectivity index (χ0v) is 16.7. The molecule has 0 aliphatic rings. The van der Waals surface area contributed by atoms with Crippen molar-refractivity contribution < 1.29 is 28.5 Å². The van der Waals surface area contributed by atoms with Crippen molar-refractivity contribution in [3.8, 4) is 11.5 Å². The summed E-state index contributed by atoms with van der Waals surface area (Å²) in [6, 6.07) is 14.8. The van der Waals surface area contributed by atoms with Gasteiger partial charge >= 0.3 is 5.97 Å². The Hall–Kier alpha value is -2.57. The summed E-state index contributed by atoms with van der Waals surface area (Å²) in [5.74, 6) is 0.579. The van der Waals surface area contributed by atoms with Crippen LogP contribution in [0.1, 0.15) is 36.7 Å². The molecule has 0 bridgehead atoms. The van der Waals surface area contributed by atoms with Gasteiger partial charge in [0.2, 0.25) is 0 Å². The molecule has 152 valence electrons. The van der Waals surface area contributed by atoms with Gasteiger partial charge in [0, 0.05) is 19.3 Å². The minimum Gasteiger partial charge on any atom is -0.489 e. The van der Waals surface area contributed by atoms with Crippen LogP contribution in [0.5, 0.6) is 11.5 Å². The molecule has 0 radical (unpaired) electrons. The van der Waals surface area contributed by atoms with Crippen molar-refractivity contribution >= 4 is 5.97 Å². The highest BCUT2D eigenvalue weighted by Gasteiger charge is 2.14. The molecule has 28 heavy (non-hydrogen) atoms. The normalized spacial score (nSPS) is 10.7. The molecule has 0 N–H and O–H groups in total. The quantitative estimate of drug-likeness (QED) is 0.401. The topological polar surface area (TPSA) is 63.2 Å². The molecule has 0 fully saturated rings. The predicted molar refractivity (Wildman–Crippen MR) is 106 cm³/mol. The van der Waals surface area contributed by atoms with Crippen LogP contribution in [-0.2, 0) is 20.8 Å². The van der Waals surface area contributed by atoms with E-state index in [1.54, 1.807) is 25.1 Å². The van der Waals surface area contributed by atoms with Gasteiger partial charge in [0.25, 0.3) is 0 Å². The molecular weight excluding hydrogens is 360 g/mol. The fourth-order valence-electron chi connectivity index (χ4n) is 2.49. The number of hydrogen-bond acceptors (Lipinski definition) is 6. The van der Waals surface area contributed by atoms with Gasteiger partial charge in [-0.15, -0.1) is 0 Å². The number of esters is 1. The van der Waals surface area contributed by atoms with Crippen LogP contribution in [-0.4, -0.2) is 38.7 Å². The predicted octanol–water partition coefficient (Wildman–Crippen LogP) is 4.22. The van der Waals surface area contributed by atoms with Gasteiger partial charge in [-0.3, -0.25) is 0 Å². The zero-order chi connectivity index (χ0) is 20.2. The molecule has 0 saturated carbocycles. The van der Waals surface area contributed by atoms with Crippen molar-refractivity contribution in [3.63, 3.8) is 0 Å². The molecule has 2 aromatic carbocycles. The first-order chi connectivity index (χ1) is 13.7. The van der Waals surface area contributed by atoms with E-state index in [2.05, 4.69) is 0 Å². The van der Waals surface area contributed by atoms with Gasteiger partial charge in [-0.2, -0.15) is 0 Å². The highest BCUT2D eigenvalue weighted by atomic mass is 16.7. The lowest BCUT2D eigenvalue weighted by atomic mass is 10.2. The van der Waals surface area contributed by atoms with E-state index >= 15 is 0 Å². The highest BCUT2D eigenvalue weighted by molar-refractivity contribution is 5.90. The van der Waals surface area contributed by atoms with E-state index in [0.717, 1.165) is 5.56 Å². The largest absolute Gasteiger partial charge is 0.489 e. The lowest BCUT2D eigenvalue weighted by Gasteiger charge is -2.18. The van der Waals surface area contributed by atoms with Crippen molar-refractivity contribution in [2.75, 3.05) is 26.4 Å². The molecule has 0 aliphatic carbocycles. The van der Waals surface area contributed by atoms with Crippen LogP contribution in [0, 0.1) is 0 Å². The van der Waals surface area contributed by atoms with E-state index in [1.165, 1.54) is 0 Å². The van der Waals surface area contributed by atoms with Crippen LogP contribution in [0.25, 0.3) is 0 Å². The van der Waals surface area contributed by atoms with Crippen LogP contribution in [0.3, 0.4) is 0 Å². The van der Waals surface area contributed by atoms with Crippen molar-refractivity contribution in [1.82, 2.24) is 0 Å². The third kappa shape index (κ3) is 7.21. The SMILES string of the molecule is CCOC(=O)c1cc(OCc2ccccc2)cc(OCC(OCC)OCC)c1. The van der Waals surface area contributed by atoms with Crippen LogP contribution < -0.4 is 9.47 Å². The van der Waals surface area contributed by atoms with E-state index in [9.17, 15) is 4.79 Å². The monoisotopic (exact) mass is 388 g/mol. The summed E-state index contributed by atoms with van der Waals surface area (Å²) >= 11 is 0. The third-order valence-electron chi connectivity index (χ3n) is 3.73. The fraction of sp³-hybridized carbons (Fsp3) is 0.409. The average molecular weight is 388 g/mol. The van der Waals surface area contributed by atoms with Crippen LogP contribution in [0.2, 0.25) is 0 Å². The van der Waals surface area contributed by atoms with E-state index < -0.39 is 12.3 Å². The van der Waals surface area contributed by atoms with Gasteiger partial charge in [-0.1, -0.05) is 30.3 Å². The number of rotatable bonds is 12. The Bertz CT molecular complexity index is 710. The maximum Gasteiger partial charge on any atom is 0.338 e. The Kier molecular flexibility index (Phi) is 9.31. The van der Waals surface area contributed by atoms with Gasteiger partial charge in [-0.05, 0) is 38.5 Å². The van der Waals surface area contributed by atoms with Crippen molar-refractivity contribution in [2.24, 2.45) is 0 Å². The summed E-state index contributed by atoms with van der Waals surface area (Å²) in [5.41, 5.74) is 1.39. The second kappa shape index (κ2) is 12.0. The van der Waals surface area contributed by atoms with Gasteiger partial charge in [0.15, 0.2) is 6.29 Å². The average Bonchev–Trinajstić information content (AvgIpc) is 2.72. The van der Waals surface area contributed by atoms with E-state index in [1.807, 2.05) is 44.2 Å². The summed E-state index contributed by atoms with van der Waals surface area (Å²) in [6.07, 6.45) is -0.477. The van der Waals surface area contributed by atoms with Crippen LogP contribution in [0.4, 0.5) is 0 Å². The third-order valence-corrected chi connectivity index (χ3v) is 3.73.